The van der Waals surface area contributed by atoms with Crippen molar-refractivity contribution >= 4 is 35.2 Å². The summed E-state index contributed by atoms with van der Waals surface area (Å²) in [6.07, 6.45) is 2.42. The number of nitrogens with zero attached hydrogens (tertiary/aromatic N) is 2. The Morgan fingerprint density at radius 1 is 1.10 bits per heavy atom. The van der Waals surface area contributed by atoms with Gasteiger partial charge in [-0.3, -0.25) is 24.1 Å². The smallest absolute Gasteiger partial charge is 0.262 e. The van der Waals surface area contributed by atoms with Crippen molar-refractivity contribution in [2.24, 2.45) is 0 Å². The number of rotatable bonds is 5. The molecule has 2 aliphatic heterocycles. The van der Waals surface area contributed by atoms with E-state index in [1.807, 2.05) is 0 Å². The van der Waals surface area contributed by atoms with Crippen LogP contribution in [0.25, 0.3) is 0 Å². The third kappa shape index (κ3) is 4.51. The summed E-state index contributed by atoms with van der Waals surface area (Å²) in [5.41, 5.74) is 0.385. The van der Waals surface area contributed by atoms with Crippen LogP contribution in [-0.2, 0) is 4.79 Å². The third-order valence-electron chi connectivity index (χ3n) is 5.49. The molecule has 0 aromatic heterocycles. The Labute approximate surface area is 181 Å². The van der Waals surface area contributed by atoms with Crippen LogP contribution >= 0.6 is 11.6 Å². The highest BCUT2D eigenvalue weighted by Crippen LogP contribution is 2.30. The van der Waals surface area contributed by atoms with Gasteiger partial charge in [0.05, 0.1) is 11.1 Å². The van der Waals surface area contributed by atoms with Crippen molar-refractivity contribution in [2.45, 2.75) is 58.0 Å². The predicted octanol–water partition coefficient (Wildman–Crippen LogP) is 2.82. The number of amides is 4. The van der Waals surface area contributed by atoms with Gasteiger partial charge >= 0.3 is 0 Å². The molecule has 8 heteroatoms. The molecule has 7 nitrogen and oxygen atoms in total. The lowest BCUT2D eigenvalue weighted by Gasteiger charge is -2.32. The third-order valence-corrected chi connectivity index (χ3v) is 5.76. The summed E-state index contributed by atoms with van der Waals surface area (Å²) >= 11 is 5.62. The summed E-state index contributed by atoms with van der Waals surface area (Å²) in [7, 11) is 0. The summed E-state index contributed by atoms with van der Waals surface area (Å²) in [5.74, 6) is -0.407. The number of fused-ring (bicyclic) bond motifs is 1. The largest absolute Gasteiger partial charge is 0.353 e. The lowest BCUT2D eigenvalue weighted by Crippen LogP contribution is -2.46. The number of halogens is 1. The lowest BCUT2D eigenvalue weighted by molar-refractivity contribution is -0.122. The molecular formula is C22H28ClN3O4. The zero-order chi connectivity index (χ0) is 22.1. The van der Waals surface area contributed by atoms with E-state index in [4.69, 9.17) is 11.6 Å². The van der Waals surface area contributed by atoms with Gasteiger partial charge in [0.1, 0.15) is 0 Å². The van der Waals surface area contributed by atoms with Crippen molar-refractivity contribution in [1.82, 2.24) is 15.1 Å². The number of hydrogen-bond acceptors (Lipinski definition) is 4. The van der Waals surface area contributed by atoms with Gasteiger partial charge in [0.15, 0.2) is 0 Å². The number of hydrogen-bond donors (Lipinski definition) is 1. The van der Waals surface area contributed by atoms with Gasteiger partial charge in [-0.15, -0.1) is 11.6 Å². The summed E-state index contributed by atoms with van der Waals surface area (Å²) < 4.78 is 0. The Balaban J connectivity index is 1.65. The first-order valence-electron chi connectivity index (χ1n) is 10.3. The molecule has 0 aliphatic carbocycles. The van der Waals surface area contributed by atoms with E-state index < -0.39 is 5.54 Å². The Morgan fingerprint density at radius 3 is 2.33 bits per heavy atom. The van der Waals surface area contributed by atoms with E-state index >= 15 is 0 Å². The summed E-state index contributed by atoms with van der Waals surface area (Å²) in [4.78, 5) is 53.1. The molecule has 4 amide bonds. The van der Waals surface area contributed by atoms with Gasteiger partial charge in [0, 0.05) is 42.5 Å². The van der Waals surface area contributed by atoms with Gasteiger partial charge in [-0.1, -0.05) is 0 Å². The maximum atomic E-state index is 13.0. The normalized spacial score (nSPS) is 17.3. The highest BCUT2D eigenvalue weighted by atomic mass is 35.5. The molecular weight excluding hydrogens is 406 g/mol. The molecule has 2 aliphatic rings. The molecule has 30 heavy (non-hydrogen) atoms. The van der Waals surface area contributed by atoms with Crippen molar-refractivity contribution in [3.63, 3.8) is 0 Å². The molecule has 1 aromatic rings. The van der Waals surface area contributed by atoms with E-state index in [1.165, 1.54) is 11.0 Å². The first kappa shape index (κ1) is 22.3. The van der Waals surface area contributed by atoms with Crippen LogP contribution in [0.4, 0.5) is 0 Å². The number of alkyl halides is 1. The van der Waals surface area contributed by atoms with Crippen molar-refractivity contribution in [1.29, 1.82) is 0 Å². The van der Waals surface area contributed by atoms with Crippen LogP contribution in [0.2, 0.25) is 0 Å². The minimum atomic E-state index is -0.632. The predicted molar refractivity (Wildman–Crippen MR) is 114 cm³/mol. The lowest BCUT2D eigenvalue weighted by atomic mass is 10.0. The number of benzene rings is 1. The van der Waals surface area contributed by atoms with E-state index in [0.717, 1.165) is 0 Å². The number of piperidine rings is 1. The summed E-state index contributed by atoms with van der Waals surface area (Å²) in [6.45, 7) is 6.47. The Hall–Kier alpha value is -2.41. The minimum absolute atomic E-state index is 0.00868. The van der Waals surface area contributed by atoms with Crippen LogP contribution in [0.5, 0.6) is 0 Å². The fourth-order valence-corrected chi connectivity index (χ4v) is 4.05. The van der Waals surface area contributed by atoms with Gasteiger partial charge in [-0.2, -0.15) is 0 Å². The molecule has 1 fully saturated rings. The van der Waals surface area contributed by atoms with E-state index in [2.05, 4.69) is 5.32 Å². The van der Waals surface area contributed by atoms with Crippen molar-refractivity contribution in [3.05, 3.63) is 34.9 Å². The highest BCUT2D eigenvalue weighted by molar-refractivity contribution is 6.22. The summed E-state index contributed by atoms with van der Waals surface area (Å²) in [5, 5.41) is 2.99. The number of imide groups is 1. The average molecular weight is 434 g/mol. The Morgan fingerprint density at radius 2 is 1.73 bits per heavy atom. The number of carbonyl (C=O) groups is 4. The molecule has 0 atom stereocenters. The van der Waals surface area contributed by atoms with Crippen LogP contribution in [0.15, 0.2) is 18.2 Å². The zero-order valence-corrected chi connectivity index (χ0v) is 18.4. The molecule has 1 aromatic carbocycles. The molecule has 1 N–H and O–H groups in total. The second kappa shape index (κ2) is 8.76. The molecule has 3 rings (SSSR count). The van der Waals surface area contributed by atoms with Gasteiger partial charge in [0.25, 0.3) is 17.7 Å². The molecule has 162 valence electrons. The fourth-order valence-electron chi connectivity index (χ4n) is 3.92. The number of likely N-dealkylation sites (tertiary alicyclic amines) is 1. The molecule has 0 radical (unpaired) electrons. The molecule has 0 spiro atoms. The van der Waals surface area contributed by atoms with E-state index in [9.17, 15) is 19.2 Å². The number of carbonyl (C=O) groups excluding carboxylic acids is 4. The van der Waals surface area contributed by atoms with Crippen molar-refractivity contribution in [2.75, 3.05) is 19.0 Å². The monoisotopic (exact) mass is 433 g/mol. The maximum absolute atomic E-state index is 13.0. The van der Waals surface area contributed by atoms with Crippen LogP contribution in [0.3, 0.4) is 0 Å². The fraction of sp³-hybridized carbons (Fsp3) is 0.545. The zero-order valence-electron chi connectivity index (χ0n) is 17.7. The molecule has 2 heterocycles. The molecule has 0 unspecified atom stereocenters. The van der Waals surface area contributed by atoms with Crippen LogP contribution in [-0.4, -0.2) is 64.0 Å². The molecule has 1 saturated heterocycles. The van der Waals surface area contributed by atoms with Gasteiger partial charge in [-0.05, 0) is 58.2 Å². The Bertz CT molecular complexity index is 870. The molecule has 0 bridgehead atoms. The van der Waals surface area contributed by atoms with Gasteiger partial charge in [-0.25, -0.2) is 0 Å². The minimum Gasteiger partial charge on any atom is -0.353 e. The first-order chi connectivity index (χ1) is 14.1. The standard InChI is InChI=1S/C22H28ClN3O4/c1-22(2,3)26-20(29)16-7-6-14(13-17(16)21(26)30)19(28)25-11-8-15(9-12-25)24-18(27)5-4-10-23/h6-7,13,15H,4-5,8-12H2,1-3H3,(H,24,27). The Kier molecular flexibility index (Phi) is 6.50. The topological polar surface area (TPSA) is 86.8 Å². The van der Waals surface area contributed by atoms with E-state index in [0.29, 0.717) is 55.8 Å². The van der Waals surface area contributed by atoms with Crippen molar-refractivity contribution < 1.29 is 19.2 Å². The van der Waals surface area contributed by atoms with Crippen molar-refractivity contribution in [3.8, 4) is 0 Å². The quantitative estimate of drug-likeness (QED) is 0.571. The summed E-state index contributed by atoms with van der Waals surface area (Å²) in [6, 6.07) is 4.76. The van der Waals surface area contributed by atoms with E-state index in [-0.39, 0.29) is 35.2 Å². The SMILES string of the molecule is CC(C)(C)N1C(=O)c2ccc(C(=O)N3CCC(NC(=O)CCCCl)CC3)cc2C1=O. The second-order valence-corrected chi connectivity index (χ2v) is 9.18. The maximum Gasteiger partial charge on any atom is 0.262 e. The van der Waals surface area contributed by atoms with Crippen LogP contribution in [0.1, 0.15) is 77.5 Å². The first-order valence-corrected chi connectivity index (χ1v) is 10.8. The van der Waals surface area contributed by atoms with E-state index in [1.54, 1.807) is 37.8 Å². The van der Waals surface area contributed by atoms with Gasteiger partial charge in [0.2, 0.25) is 5.91 Å². The average Bonchev–Trinajstić information content (AvgIpc) is 2.96. The highest BCUT2D eigenvalue weighted by Gasteiger charge is 2.42. The molecule has 0 saturated carbocycles. The second-order valence-electron chi connectivity index (χ2n) is 8.80. The number of nitrogens with one attached hydrogen (secondary N) is 1. The van der Waals surface area contributed by atoms with Crippen LogP contribution in [0, 0.1) is 0 Å². The van der Waals surface area contributed by atoms with Crippen LogP contribution < -0.4 is 5.32 Å². The van der Waals surface area contributed by atoms with Gasteiger partial charge < -0.3 is 10.2 Å².